The molecule has 1 heterocycles. The minimum absolute atomic E-state index is 0.482. The Balaban J connectivity index is 1.88. The van der Waals surface area contributed by atoms with Gasteiger partial charge in [-0.2, -0.15) is 0 Å². The monoisotopic (exact) mass is 277 g/mol. The Morgan fingerprint density at radius 2 is 1.81 bits per heavy atom. The average molecular weight is 277 g/mol. The maximum atomic E-state index is 3.90. The summed E-state index contributed by atoms with van der Waals surface area (Å²) in [5, 5.41) is 3.90. The fraction of sp³-hybridized carbons (Fsp3) is 0.400. The lowest BCUT2D eigenvalue weighted by atomic mass is 9.76. The summed E-state index contributed by atoms with van der Waals surface area (Å²) >= 11 is 0. The summed E-state index contributed by atoms with van der Waals surface area (Å²) in [6.07, 6.45) is 5.21. The standard InChI is InChI=1S/C20H23N/c1-14-19(15-8-3-2-4-9-15)17-12-7-11-16-10-5-6-13-18(21-14)20(16)17/h2-4,7-9,11-12,14,18-19,21H,5-6,10,13H2,1H3. The molecule has 1 N–H and O–H groups in total. The van der Waals surface area contributed by atoms with Gasteiger partial charge < -0.3 is 5.32 Å². The SMILES string of the molecule is CC1NC2CCCCc3cccc(c32)C1c1ccccc1. The third-order valence-electron chi connectivity index (χ3n) is 5.23. The van der Waals surface area contributed by atoms with Crippen molar-refractivity contribution in [3.63, 3.8) is 0 Å². The first-order valence-electron chi connectivity index (χ1n) is 8.27. The highest BCUT2D eigenvalue weighted by molar-refractivity contribution is 5.47. The van der Waals surface area contributed by atoms with E-state index in [-0.39, 0.29) is 0 Å². The van der Waals surface area contributed by atoms with E-state index in [0.717, 1.165) is 0 Å². The van der Waals surface area contributed by atoms with Crippen LogP contribution in [0.1, 0.15) is 60.4 Å². The minimum Gasteiger partial charge on any atom is -0.306 e. The van der Waals surface area contributed by atoms with E-state index in [1.165, 1.54) is 31.2 Å². The van der Waals surface area contributed by atoms with Crippen molar-refractivity contribution in [2.75, 3.05) is 0 Å². The lowest BCUT2D eigenvalue weighted by Crippen LogP contribution is -2.41. The molecular formula is C20H23N. The van der Waals surface area contributed by atoms with E-state index in [1.54, 1.807) is 16.7 Å². The summed E-state index contributed by atoms with van der Waals surface area (Å²) in [5.41, 5.74) is 6.20. The molecule has 2 aromatic carbocycles. The van der Waals surface area contributed by atoms with E-state index in [2.05, 4.69) is 60.8 Å². The van der Waals surface area contributed by atoms with Crippen LogP contribution in [0.25, 0.3) is 0 Å². The van der Waals surface area contributed by atoms with Crippen molar-refractivity contribution in [3.8, 4) is 0 Å². The van der Waals surface area contributed by atoms with E-state index >= 15 is 0 Å². The fourth-order valence-electron chi connectivity index (χ4n) is 4.33. The summed E-state index contributed by atoms with van der Waals surface area (Å²) < 4.78 is 0. The molecule has 4 rings (SSSR count). The summed E-state index contributed by atoms with van der Waals surface area (Å²) in [4.78, 5) is 0. The topological polar surface area (TPSA) is 12.0 Å². The van der Waals surface area contributed by atoms with Crippen molar-refractivity contribution in [3.05, 3.63) is 70.8 Å². The fourth-order valence-corrected chi connectivity index (χ4v) is 4.33. The van der Waals surface area contributed by atoms with Gasteiger partial charge in [0.25, 0.3) is 0 Å². The first kappa shape index (κ1) is 13.1. The van der Waals surface area contributed by atoms with Gasteiger partial charge in [-0.05, 0) is 48.4 Å². The van der Waals surface area contributed by atoms with Crippen LogP contribution >= 0.6 is 0 Å². The second-order valence-corrected chi connectivity index (χ2v) is 6.56. The third kappa shape index (κ3) is 2.20. The lowest BCUT2D eigenvalue weighted by molar-refractivity contribution is 0.375. The van der Waals surface area contributed by atoms with Crippen molar-refractivity contribution in [1.29, 1.82) is 0 Å². The number of hydrogen-bond donors (Lipinski definition) is 1. The second kappa shape index (κ2) is 5.31. The maximum absolute atomic E-state index is 3.90. The molecule has 108 valence electrons. The summed E-state index contributed by atoms with van der Waals surface area (Å²) in [6.45, 7) is 2.35. The normalized spacial score (nSPS) is 27.8. The van der Waals surface area contributed by atoms with Gasteiger partial charge in [0.15, 0.2) is 0 Å². The van der Waals surface area contributed by atoms with E-state index in [9.17, 15) is 0 Å². The zero-order valence-corrected chi connectivity index (χ0v) is 12.7. The number of nitrogens with one attached hydrogen (secondary N) is 1. The maximum Gasteiger partial charge on any atom is 0.0328 e. The number of rotatable bonds is 1. The average Bonchev–Trinajstić information content (AvgIpc) is 2.72. The predicted molar refractivity (Wildman–Crippen MR) is 87.6 cm³/mol. The molecule has 1 aliphatic heterocycles. The molecule has 0 radical (unpaired) electrons. The molecule has 2 aromatic rings. The largest absolute Gasteiger partial charge is 0.306 e. The van der Waals surface area contributed by atoms with Gasteiger partial charge in [-0.25, -0.2) is 0 Å². The quantitative estimate of drug-likeness (QED) is 0.804. The highest BCUT2D eigenvalue weighted by Crippen LogP contribution is 2.42. The van der Waals surface area contributed by atoms with Crippen LogP contribution in [-0.2, 0) is 6.42 Å². The van der Waals surface area contributed by atoms with Crippen molar-refractivity contribution >= 4 is 0 Å². The van der Waals surface area contributed by atoms with Crippen LogP contribution in [0, 0.1) is 0 Å². The molecule has 0 bridgehead atoms. The molecule has 1 nitrogen and oxygen atoms in total. The molecule has 0 saturated heterocycles. The Morgan fingerprint density at radius 3 is 2.67 bits per heavy atom. The van der Waals surface area contributed by atoms with Crippen LogP contribution in [-0.4, -0.2) is 6.04 Å². The Hall–Kier alpha value is -1.60. The number of aryl methyl sites for hydroxylation is 1. The van der Waals surface area contributed by atoms with Crippen molar-refractivity contribution < 1.29 is 0 Å². The van der Waals surface area contributed by atoms with Crippen molar-refractivity contribution in [2.45, 2.75) is 50.6 Å². The summed E-state index contributed by atoms with van der Waals surface area (Å²) in [5.74, 6) is 0.482. The van der Waals surface area contributed by atoms with Gasteiger partial charge in [0.2, 0.25) is 0 Å². The minimum atomic E-state index is 0.482. The molecule has 21 heavy (non-hydrogen) atoms. The van der Waals surface area contributed by atoms with Gasteiger partial charge in [0, 0.05) is 18.0 Å². The molecule has 0 spiro atoms. The predicted octanol–water partition coefficient (Wildman–Crippen LogP) is 4.58. The Kier molecular flexibility index (Phi) is 3.31. The molecule has 1 aliphatic carbocycles. The van der Waals surface area contributed by atoms with E-state index < -0.39 is 0 Å². The van der Waals surface area contributed by atoms with Crippen LogP contribution in [0.3, 0.4) is 0 Å². The van der Waals surface area contributed by atoms with Gasteiger partial charge in [0.1, 0.15) is 0 Å². The lowest BCUT2D eigenvalue weighted by Gasteiger charge is -2.38. The highest BCUT2D eigenvalue weighted by atomic mass is 15.0. The first-order valence-corrected chi connectivity index (χ1v) is 8.27. The molecule has 0 fully saturated rings. The third-order valence-corrected chi connectivity index (χ3v) is 5.23. The molecule has 3 unspecified atom stereocenters. The molecule has 3 atom stereocenters. The molecule has 2 aliphatic rings. The molecule has 0 amide bonds. The van der Waals surface area contributed by atoms with Crippen LogP contribution in [0.2, 0.25) is 0 Å². The first-order chi connectivity index (χ1) is 10.3. The zero-order valence-electron chi connectivity index (χ0n) is 12.7. The molecule has 1 heteroatoms. The summed E-state index contributed by atoms with van der Waals surface area (Å²) in [6, 6.07) is 19.0. The van der Waals surface area contributed by atoms with Gasteiger partial charge in [-0.15, -0.1) is 0 Å². The second-order valence-electron chi connectivity index (χ2n) is 6.56. The Bertz CT molecular complexity index is 632. The Morgan fingerprint density at radius 1 is 0.952 bits per heavy atom. The number of hydrogen-bond acceptors (Lipinski definition) is 1. The van der Waals surface area contributed by atoms with E-state index in [4.69, 9.17) is 0 Å². The van der Waals surface area contributed by atoms with Crippen LogP contribution in [0.5, 0.6) is 0 Å². The summed E-state index contributed by atoms with van der Waals surface area (Å²) in [7, 11) is 0. The zero-order chi connectivity index (χ0) is 14.2. The van der Waals surface area contributed by atoms with Crippen LogP contribution in [0.4, 0.5) is 0 Å². The van der Waals surface area contributed by atoms with Gasteiger partial charge >= 0.3 is 0 Å². The van der Waals surface area contributed by atoms with Crippen molar-refractivity contribution in [2.24, 2.45) is 0 Å². The van der Waals surface area contributed by atoms with Crippen LogP contribution in [0.15, 0.2) is 48.5 Å². The van der Waals surface area contributed by atoms with Crippen molar-refractivity contribution in [1.82, 2.24) is 5.32 Å². The van der Waals surface area contributed by atoms with E-state index in [0.29, 0.717) is 18.0 Å². The van der Waals surface area contributed by atoms with E-state index in [1.807, 2.05) is 0 Å². The Labute approximate surface area is 127 Å². The molecule has 0 saturated carbocycles. The smallest absolute Gasteiger partial charge is 0.0328 e. The highest BCUT2D eigenvalue weighted by Gasteiger charge is 2.34. The van der Waals surface area contributed by atoms with Gasteiger partial charge in [-0.3, -0.25) is 0 Å². The van der Waals surface area contributed by atoms with Gasteiger partial charge in [-0.1, -0.05) is 55.0 Å². The number of benzene rings is 2. The molecular weight excluding hydrogens is 254 g/mol. The molecule has 0 aromatic heterocycles. The van der Waals surface area contributed by atoms with Crippen LogP contribution < -0.4 is 5.32 Å². The van der Waals surface area contributed by atoms with Gasteiger partial charge in [0.05, 0.1) is 0 Å².